The van der Waals surface area contributed by atoms with Crippen molar-refractivity contribution < 1.29 is 21.1 Å². The fourth-order valence-corrected chi connectivity index (χ4v) is 4.36. The number of ether oxygens (including phenoxy) is 1. The van der Waals surface area contributed by atoms with Gasteiger partial charge in [0.25, 0.3) is 11.1 Å². The zero-order valence-electron chi connectivity index (χ0n) is 24.2. The molecule has 4 heterocycles. The lowest BCUT2D eigenvalue weighted by molar-refractivity contribution is -0.120. The van der Waals surface area contributed by atoms with Crippen LogP contribution in [0.1, 0.15) is 46.0 Å². The van der Waals surface area contributed by atoms with E-state index in [-0.39, 0.29) is 23.2 Å². The number of hydrogen-bond donors (Lipinski definition) is 1. The molecular weight excluding hydrogens is 544 g/mol. The summed E-state index contributed by atoms with van der Waals surface area (Å²) in [5.41, 5.74) is -1.59. The van der Waals surface area contributed by atoms with Crippen LogP contribution in [0, 0.1) is 25.5 Å². The molecule has 4 rings (SSSR count). The quantitative estimate of drug-likeness (QED) is 0.355. The third kappa shape index (κ3) is 5.64. The monoisotopic (exact) mass is 571 g/mol. The normalized spacial score (nSPS) is 12.5. The first-order valence-electron chi connectivity index (χ1n) is 12.9. The van der Waals surface area contributed by atoms with Crippen molar-refractivity contribution in [2.45, 2.75) is 46.7 Å². The summed E-state index contributed by atoms with van der Waals surface area (Å²) in [5.74, 6) is -2.79. The molecule has 0 radical (unpaired) electrons. The summed E-state index contributed by atoms with van der Waals surface area (Å²) < 4.78 is 51.6. The van der Waals surface area contributed by atoms with Crippen molar-refractivity contribution in [3.8, 4) is 17.3 Å². The van der Waals surface area contributed by atoms with Crippen LogP contribution in [0.15, 0.2) is 58.5 Å². The first-order chi connectivity index (χ1) is 19.5. The molecule has 0 bridgehead atoms. The Balaban J connectivity index is 1.79. The van der Waals surface area contributed by atoms with Crippen molar-refractivity contribution in [2.24, 2.45) is 0 Å². The molecule has 12 heteroatoms. The Morgan fingerprint density at radius 1 is 1.15 bits per heavy atom. The predicted molar refractivity (Wildman–Crippen MR) is 145 cm³/mol. The number of rotatable bonds is 7. The number of nitrogens with zero attached hydrogens (tertiary/aromatic N) is 4. The van der Waals surface area contributed by atoms with Crippen LogP contribution in [0.5, 0.6) is 5.75 Å². The first kappa shape index (κ1) is 25.9. The maximum Gasteiger partial charge on any atom is 0.277 e. The number of halogens is 3. The van der Waals surface area contributed by atoms with E-state index in [1.165, 1.54) is 40.6 Å². The van der Waals surface area contributed by atoms with Crippen LogP contribution in [0.2, 0.25) is 5.02 Å². The Morgan fingerprint density at radius 3 is 2.55 bits per heavy atom. The van der Waals surface area contributed by atoms with Gasteiger partial charge in [-0.25, -0.2) is 13.8 Å². The molecule has 9 nitrogen and oxygen atoms in total. The highest BCUT2D eigenvalue weighted by Gasteiger charge is 2.26. The van der Waals surface area contributed by atoms with Gasteiger partial charge in [0.15, 0.2) is 5.82 Å². The Morgan fingerprint density at radius 2 is 1.88 bits per heavy atom. The van der Waals surface area contributed by atoms with Gasteiger partial charge < -0.3 is 10.1 Å². The summed E-state index contributed by atoms with van der Waals surface area (Å²) in [5, 5.41) is 2.23. The third-order valence-corrected chi connectivity index (χ3v) is 6.37. The van der Waals surface area contributed by atoms with Gasteiger partial charge in [0.2, 0.25) is 5.91 Å². The van der Waals surface area contributed by atoms with E-state index in [0.29, 0.717) is 29.1 Å². The van der Waals surface area contributed by atoms with Gasteiger partial charge in [-0.2, -0.15) is 0 Å². The van der Waals surface area contributed by atoms with Gasteiger partial charge >= 0.3 is 0 Å². The van der Waals surface area contributed by atoms with Crippen LogP contribution in [-0.2, 0) is 16.9 Å². The zero-order valence-corrected chi connectivity index (χ0v) is 22.9. The fourth-order valence-electron chi connectivity index (χ4n) is 4.18. The van der Waals surface area contributed by atoms with E-state index in [1.807, 2.05) is 0 Å². The van der Waals surface area contributed by atoms with Crippen LogP contribution < -0.4 is 21.2 Å². The van der Waals surface area contributed by atoms with E-state index in [9.17, 15) is 23.2 Å². The van der Waals surface area contributed by atoms with Crippen molar-refractivity contribution in [2.75, 3.05) is 0 Å². The summed E-state index contributed by atoms with van der Waals surface area (Å²) in [6.07, 6.45) is 3.60. The molecule has 0 saturated heterocycles. The van der Waals surface area contributed by atoms with Gasteiger partial charge in [-0.1, -0.05) is 11.6 Å². The van der Waals surface area contributed by atoms with Gasteiger partial charge in [-0.05, 0) is 45.4 Å². The largest absolute Gasteiger partial charge is 0.485 e. The van der Waals surface area contributed by atoms with Crippen LogP contribution >= 0.6 is 11.6 Å². The van der Waals surface area contributed by atoms with E-state index in [0.717, 1.165) is 0 Å². The SMILES string of the molecule is [2H]C([2H])(Oc1cc(C)n(-c2cc(-n3cccc(C(C)(C)NC(C)=O)c3=O)ncc2C)c(=O)c1Cl)c1ncc(F)cc1F. The van der Waals surface area contributed by atoms with Gasteiger partial charge in [0.05, 0.1) is 20.2 Å². The van der Waals surface area contributed by atoms with Crippen LogP contribution in [0.4, 0.5) is 8.78 Å². The van der Waals surface area contributed by atoms with Gasteiger partial charge in [0, 0.05) is 48.8 Å². The molecule has 0 spiro atoms. The van der Waals surface area contributed by atoms with Crippen molar-refractivity contribution in [1.82, 2.24) is 24.4 Å². The summed E-state index contributed by atoms with van der Waals surface area (Å²) >= 11 is 6.32. The van der Waals surface area contributed by atoms with Gasteiger partial charge in [-0.3, -0.25) is 28.5 Å². The second-order valence-corrected chi connectivity index (χ2v) is 9.90. The lowest BCUT2D eigenvalue weighted by atomic mass is 9.95. The van der Waals surface area contributed by atoms with E-state index in [1.54, 1.807) is 39.8 Å². The number of aromatic nitrogens is 4. The predicted octanol–water partition coefficient (Wildman–Crippen LogP) is 4.28. The molecule has 0 aliphatic rings. The third-order valence-electron chi connectivity index (χ3n) is 6.02. The standard InChI is InChI=1S/C28H26ClF2N5O4/c1-15-12-33-24(35-8-6-7-19(26(35)38)28(4,5)34-17(3)37)11-22(15)36-16(2)9-23(25(29)27(36)39)40-14-21-20(31)10-18(30)13-32-21/h6-13H,14H2,1-5H3,(H,34,37)/i14D2. The average Bonchev–Trinajstić information content (AvgIpc) is 2.87. The number of pyridine rings is 4. The molecule has 0 saturated carbocycles. The molecule has 0 aliphatic carbocycles. The Labute approximate surface area is 235 Å². The maximum absolute atomic E-state index is 14.2. The highest BCUT2D eigenvalue weighted by atomic mass is 35.5. The number of carbonyl (C=O) groups is 1. The van der Waals surface area contributed by atoms with Crippen LogP contribution in [0.3, 0.4) is 0 Å². The topological polar surface area (TPSA) is 108 Å². The number of hydrogen-bond acceptors (Lipinski definition) is 6. The van der Waals surface area contributed by atoms with E-state index in [4.69, 9.17) is 19.1 Å². The molecule has 4 aromatic rings. The molecule has 1 N–H and O–H groups in total. The summed E-state index contributed by atoms with van der Waals surface area (Å²) in [4.78, 5) is 46.4. The number of carbonyl (C=O) groups excluding carboxylic acids is 1. The maximum atomic E-state index is 14.2. The molecular formula is C28H26ClF2N5O4. The minimum absolute atomic E-state index is 0.179. The van der Waals surface area contributed by atoms with Crippen LogP contribution in [-0.4, -0.2) is 25.0 Å². The summed E-state index contributed by atoms with van der Waals surface area (Å²) in [6.45, 7) is 5.08. The lowest BCUT2D eigenvalue weighted by Crippen LogP contribution is -2.44. The van der Waals surface area contributed by atoms with Crippen molar-refractivity contribution in [3.63, 3.8) is 0 Å². The van der Waals surface area contributed by atoms with Gasteiger partial charge in [0.1, 0.15) is 34.7 Å². The van der Waals surface area contributed by atoms with E-state index >= 15 is 0 Å². The number of nitrogens with one attached hydrogen (secondary N) is 1. The molecule has 4 aromatic heterocycles. The highest BCUT2D eigenvalue weighted by molar-refractivity contribution is 6.31. The molecule has 40 heavy (non-hydrogen) atoms. The fraction of sp³-hybridized carbons (Fsp3) is 0.250. The van der Waals surface area contributed by atoms with Crippen molar-refractivity contribution in [3.05, 3.63) is 109 Å². The molecule has 0 unspecified atom stereocenters. The zero-order chi connectivity index (χ0) is 31.1. The van der Waals surface area contributed by atoms with E-state index < -0.39 is 45.6 Å². The smallest absolute Gasteiger partial charge is 0.277 e. The molecule has 0 aliphatic heterocycles. The molecule has 0 atom stereocenters. The van der Waals surface area contributed by atoms with Crippen molar-refractivity contribution >= 4 is 17.5 Å². The Hall–Kier alpha value is -4.38. The summed E-state index contributed by atoms with van der Waals surface area (Å²) in [7, 11) is 0. The molecule has 1 amide bonds. The minimum Gasteiger partial charge on any atom is -0.485 e. The van der Waals surface area contributed by atoms with Crippen LogP contribution in [0.25, 0.3) is 11.5 Å². The number of amides is 1. The molecule has 0 aromatic carbocycles. The average molecular weight is 572 g/mol. The lowest BCUT2D eigenvalue weighted by Gasteiger charge is -2.26. The highest BCUT2D eigenvalue weighted by Crippen LogP contribution is 2.26. The Kier molecular flexibility index (Phi) is 7.12. The molecule has 208 valence electrons. The molecule has 0 fully saturated rings. The van der Waals surface area contributed by atoms with Gasteiger partial charge in [-0.15, -0.1) is 0 Å². The number of aryl methyl sites for hydroxylation is 2. The second-order valence-electron chi connectivity index (χ2n) is 9.52. The van der Waals surface area contributed by atoms with Crippen molar-refractivity contribution in [1.29, 1.82) is 0 Å². The minimum atomic E-state index is -2.90. The first-order valence-corrected chi connectivity index (χ1v) is 12.3. The summed E-state index contributed by atoms with van der Waals surface area (Å²) in [6, 6.07) is 6.48. The van der Waals surface area contributed by atoms with E-state index in [2.05, 4.69) is 15.3 Å². The Bertz CT molecular complexity index is 1840. The second kappa shape index (κ2) is 11.0.